The van der Waals surface area contributed by atoms with Gasteiger partial charge in [-0.2, -0.15) is 13.2 Å². The maximum atomic E-state index is 12.9. The molecule has 0 bridgehead atoms. The van der Waals surface area contributed by atoms with Crippen LogP contribution in [0.4, 0.5) is 13.2 Å². The predicted octanol–water partition coefficient (Wildman–Crippen LogP) is 4.02. The van der Waals surface area contributed by atoms with Gasteiger partial charge in [0, 0.05) is 18.6 Å². The van der Waals surface area contributed by atoms with Gasteiger partial charge in [-0.15, -0.1) is 24.0 Å². The van der Waals surface area contributed by atoms with Crippen molar-refractivity contribution in [3.05, 3.63) is 47.0 Å². The van der Waals surface area contributed by atoms with E-state index >= 15 is 0 Å². The third-order valence-corrected chi connectivity index (χ3v) is 3.74. The topological polar surface area (TPSA) is 36.9 Å². The minimum Gasteiger partial charge on any atom is -0.370 e. The van der Waals surface area contributed by atoms with Crippen molar-refractivity contribution < 1.29 is 17.9 Å². The van der Waals surface area contributed by atoms with Gasteiger partial charge in [-0.05, 0) is 17.7 Å². The smallest absolute Gasteiger partial charge is 0.370 e. The van der Waals surface area contributed by atoms with Crippen LogP contribution in [0, 0.1) is 0 Å². The van der Waals surface area contributed by atoms with Crippen molar-refractivity contribution in [2.45, 2.75) is 12.3 Å². The van der Waals surface area contributed by atoms with E-state index in [0.29, 0.717) is 42.8 Å². The van der Waals surface area contributed by atoms with Crippen LogP contribution in [-0.4, -0.2) is 44.1 Å². The number of nitrogens with zero attached hydrogens (tertiary/aromatic N) is 2. The molecule has 1 aliphatic rings. The summed E-state index contributed by atoms with van der Waals surface area (Å²) in [6.45, 7) is 5.34. The molecule has 1 unspecified atom stereocenters. The van der Waals surface area contributed by atoms with Crippen LogP contribution >= 0.6 is 35.6 Å². The van der Waals surface area contributed by atoms with Crippen LogP contribution in [-0.2, 0) is 10.9 Å². The van der Waals surface area contributed by atoms with Crippen molar-refractivity contribution in [1.82, 2.24) is 10.2 Å². The normalized spacial score (nSPS) is 18.5. The average molecular weight is 490 g/mol. The number of aliphatic imine (C=N–C) groups is 1. The molecule has 0 saturated carbocycles. The highest BCUT2D eigenvalue weighted by atomic mass is 127. The third-order valence-electron chi connectivity index (χ3n) is 3.60. The van der Waals surface area contributed by atoms with Crippen LogP contribution in [0.25, 0.3) is 0 Å². The molecule has 1 aromatic rings. The molecule has 25 heavy (non-hydrogen) atoms. The molecule has 1 heterocycles. The van der Waals surface area contributed by atoms with Gasteiger partial charge in [0.05, 0.1) is 25.3 Å². The molecule has 0 aromatic heterocycles. The Balaban J connectivity index is 0.00000312. The van der Waals surface area contributed by atoms with E-state index in [1.54, 1.807) is 13.1 Å². The van der Waals surface area contributed by atoms with Gasteiger partial charge in [-0.3, -0.25) is 4.99 Å². The van der Waals surface area contributed by atoms with Crippen LogP contribution in [0.15, 0.2) is 40.9 Å². The monoisotopic (exact) mass is 489 g/mol. The maximum Gasteiger partial charge on any atom is 0.416 e. The van der Waals surface area contributed by atoms with Gasteiger partial charge in [0.25, 0.3) is 0 Å². The number of rotatable bonds is 3. The highest BCUT2D eigenvalue weighted by molar-refractivity contribution is 14.0. The first-order chi connectivity index (χ1) is 11.3. The summed E-state index contributed by atoms with van der Waals surface area (Å²) >= 11 is 5.74. The van der Waals surface area contributed by atoms with Gasteiger partial charge in [0.15, 0.2) is 5.96 Å². The van der Waals surface area contributed by atoms with Crippen LogP contribution in [0.1, 0.15) is 17.2 Å². The van der Waals surface area contributed by atoms with Crippen LogP contribution in [0.2, 0.25) is 0 Å². The van der Waals surface area contributed by atoms with Gasteiger partial charge in [0.2, 0.25) is 0 Å². The minimum atomic E-state index is -4.37. The first-order valence-corrected chi connectivity index (χ1v) is 7.76. The Kier molecular flexibility index (Phi) is 8.49. The molecule has 1 atom stereocenters. The number of morpholine rings is 1. The lowest BCUT2D eigenvalue weighted by atomic mass is 10.0. The Hall–Kier alpha value is -1.00. The fourth-order valence-electron chi connectivity index (χ4n) is 2.47. The van der Waals surface area contributed by atoms with Crippen molar-refractivity contribution in [3.8, 4) is 0 Å². The van der Waals surface area contributed by atoms with Gasteiger partial charge in [-0.1, -0.05) is 30.3 Å². The third kappa shape index (κ3) is 6.34. The molecule has 0 spiro atoms. The Bertz CT molecular complexity index is 625. The van der Waals surface area contributed by atoms with Crippen molar-refractivity contribution in [3.63, 3.8) is 0 Å². The quantitative estimate of drug-likeness (QED) is 0.396. The lowest BCUT2D eigenvalue weighted by Gasteiger charge is -2.35. The lowest BCUT2D eigenvalue weighted by molar-refractivity contribution is -0.137. The Labute approximate surface area is 167 Å². The Morgan fingerprint density at radius 1 is 1.48 bits per heavy atom. The SMILES string of the molecule is C=C(Cl)CNC(=NC)N1CCOC(c2cccc(C(F)(F)F)c2)C1.I. The summed E-state index contributed by atoms with van der Waals surface area (Å²) in [5.41, 5.74) is -0.187. The molecule has 2 rings (SSSR count). The van der Waals surface area contributed by atoms with E-state index in [9.17, 15) is 13.2 Å². The van der Waals surface area contributed by atoms with Crippen molar-refractivity contribution >= 4 is 41.5 Å². The number of ether oxygens (including phenoxy) is 1. The highest BCUT2D eigenvalue weighted by Gasteiger charge is 2.32. The van der Waals surface area contributed by atoms with E-state index in [2.05, 4.69) is 16.9 Å². The molecule has 0 amide bonds. The standard InChI is InChI=1S/C16H19ClF3N3O.HI/c1-11(17)9-22-15(21-2)23-6-7-24-14(10-23)12-4-3-5-13(8-12)16(18,19)20;/h3-5,8,14H,1,6-7,9-10H2,2H3,(H,21,22);1H. The number of guanidine groups is 1. The zero-order valence-corrected chi connectivity index (χ0v) is 16.7. The van der Waals surface area contributed by atoms with E-state index in [1.807, 2.05) is 4.90 Å². The zero-order chi connectivity index (χ0) is 17.7. The number of benzene rings is 1. The molecule has 4 nitrogen and oxygen atoms in total. The van der Waals surface area contributed by atoms with E-state index in [1.165, 1.54) is 6.07 Å². The summed E-state index contributed by atoms with van der Waals surface area (Å²) in [5, 5.41) is 3.50. The summed E-state index contributed by atoms with van der Waals surface area (Å²) < 4.78 is 44.3. The molecule has 1 aromatic carbocycles. The molecular formula is C16H20ClF3IN3O. The largest absolute Gasteiger partial charge is 0.416 e. The number of hydrogen-bond acceptors (Lipinski definition) is 2. The molecule has 9 heteroatoms. The molecule has 1 N–H and O–H groups in total. The Morgan fingerprint density at radius 3 is 2.80 bits per heavy atom. The maximum absolute atomic E-state index is 12.9. The van der Waals surface area contributed by atoms with Gasteiger partial charge in [-0.25, -0.2) is 0 Å². The molecule has 1 saturated heterocycles. The lowest BCUT2D eigenvalue weighted by Crippen LogP contribution is -2.48. The van der Waals surface area contributed by atoms with Crippen molar-refractivity contribution in [2.75, 3.05) is 33.3 Å². The first kappa shape index (κ1) is 22.0. The summed E-state index contributed by atoms with van der Waals surface area (Å²) in [4.78, 5) is 6.09. The van der Waals surface area contributed by atoms with Gasteiger partial charge < -0.3 is 15.0 Å². The van der Waals surface area contributed by atoms with E-state index in [4.69, 9.17) is 16.3 Å². The number of hydrogen-bond donors (Lipinski definition) is 1. The van der Waals surface area contributed by atoms with Crippen molar-refractivity contribution in [2.24, 2.45) is 4.99 Å². The fourth-order valence-corrected chi connectivity index (χ4v) is 2.53. The highest BCUT2D eigenvalue weighted by Crippen LogP contribution is 2.32. The fraction of sp³-hybridized carbons (Fsp3) is 0.438. The summed E-state index contributed by atoms with van der Waals surface area (Å²) in [6, 6.07) is 5.22. The Morgan fingerprint density at radius 2 is 2.20 bits per heavy atom. The van der Waals surface area contributed by atoms with Gasteiger partial charge in [0.1, 0.15) is 6.10 Å². The molecule has 0 aliphatic carbocycles. The second-order valence-corrected chi connectivity index (χ2v) is 5.88. The zero-order valence-electron chi connectivity index (χ0n) is 13.6. The number of halogens is 5. The van der Waals surface area contributed by atoms with Crippen LogP contribution in [0.3, 0.4) is 0 Å². The number of alkyl halides is 3. The number of nitrogens with one attached hydrogen (secondary N) is 1. The van der Waals surface area contributed by atoms with E-state index < -0.39 is 17.8 Å². The first-order valence-electron chi connectivity index (χ1n) is 7.39. The van der Waals surface area contributed by atoms with Crippen LogP contribution < -0.4 is 5.32 Å². The molecular weight excluding hydrogens is 470 g/mol. The molecule has 1 fully saturated rings. The van der Waals surface area contributed by atoms with Crippen LogP contribution in [0.5, 0.6) is 0 Å². The second kappa shape index (κ2) is 9.63. The second-order valence-electron chi connectivity index (χ2n) is 5.35. The van der Waals surface area contributed by atoms with Gasteiger partial charge >= 0.3 is 6.18 Å². The summed E-state index contributed by atoms with van der Waals surface area (Å²) in [5.74, 6) is 0.608. The minimum absolute atomic E-state index is 0. The summed E-state index contributed by atoms with van der Waals surface area (Å²) in [6.07, 6.45) is -4.83. The molecule has 0 radical (unpaired) electrons. The van der Waals surface area contributed by atoms with E-state index in [0.717, 1.165) is 12.1 Å². The predicted molar refractivity (Wildman–Crippen MR) is 103 cm³/mol. The average Bonchev–Trinajstić information content (AvgIpc) is 2.55. The van der Waals surface area contributed by atoms with E-state index in [-0.39, 0.29) is 24.0 Å². The molecule has 140 valence electrons. The summed E-state index contributed by atoms with van der Waals surface area (Å²) in [7, 11) is 1.63. The van der Waals surface area contributed by atoms with Crippen molar-refractivity contribution in [1.29, 1.82) is 0 Å². The molecule has 1 aliphatic heterocycles.